The Morgan fingerprint density at radius 3 is 1.67 bits per heavy atom. The fraction of sp³-hybridized carbons (Fsp3) is 0.457. The summed E-state index contributed by atoms with van der Waals surface area (Å²) >= 11 is 0. The van der Waals surface area contributed by atoms with Crippen LogP contribution in [0.1, 0.15) is 80.8 Å². The van der Waals surface area contributed by atoms with Crippen molar-refractivity contribution >= 4 is 23.4 Å². The van der Waals surface area contributed by atoms with Gasteiger partial charge in [-0.3, -0.25) is 4.79 Å². The van der Waals surface area contributed by atoms with Crippen molar-refractivity contribution < 1.29 is 53.4 Å². The van der Waals surface area contributed by atoms with Gasteiger partial charge in [0.05, 0.1) is 51.8 Å². The van der Waals surface area contributed by atoms with Gasteiger partial charge in [-0.2, -0.15) is 0 Å². The largest absolute Gasteiger partial charge is 0.507 e. The van der Waals surface area contributed by atoms with Gasteiger partial charge in [-0.15, -0.1) is 0 Å². The van der Waals surface area contributed by atoms with E-state index in [0.717, 1.165) is 18.5 Å². The molecule has 58 heavy (non-hydrogen) atoms. The number of hydrogen-bond donors (Lipinski definition) is 3. The third kappa shape index (κ3) is 23.3. The van der Waals surface area contributed by atoms with Crippen molar-refractivity contribution in [1.82, 2.24) is 0 Å². The van der Waals surface area contributed by atoms with Crippen LogP contribution in [-0.4, -0.2) is 106 Å². The monoisotopic (exact) mass is 807 g/mol. The van der Waals surface area contributed by atoms with Crippen LogP contribution < -0.4 is 9.64 Å². The van der Waals surface area contributed by atoms with E-state index in [9.17, 15) is 19.5 Å². The van der Waals surface area contributed by atoms with Gasteiger partial charge in [-0.1, -0.05) is 100 Å². The van der Waals surface area contributed by atoms with Gasteiger partial charge in [-0.05, 0) is 51.5 Å². The number of phenols is 1. The molecule has 12 nitrogen and oxygen atoms in total. The van der Waals surface area contributed by atoms with Gasteiger partial charge in [0.2, 0.25) is 0 Å². The lowest BCUT2D eigenvalue weighted by Crippen LogP contribution is -2.29. The molecule has 0 radical (unpaired) electrons. The molecular formula is C46H65NO11. The lowest BCUT2D eigenvalue weighted by molar-refractivity contribution is -0.142. The summed E-state index contributed by atoms with van der Waals surface area (Å²) < 4.78 is 25.7. The molecule has 0 atom stereocenters. The van der Waals surface area contributed by atoms with Gasteiger partial charge < -0.3 is 43.9 Å². The van der Waals surface area contributed by atoms with Crippen LogP contribution in [0.3, 0.4) is 0 Å². The first kappa shape index (κ1) is 51.0. The normalized spacial score (nSPS) is 10.2. The summed E-state index contributed by atoms with van der Waals surface area (Å²) in [6.07, 6.45) is 7.25. The molecule has 3 N–H and O–H groups in total. The zero-order chi connectivity index (χ0) is 43.0. The SMILES string of the molecule is C=C(C)C(=O)OCCOCCOCCOC(=O)C(=C)C.CCCCCCCCOc1ccc(C(=O)c2ccccc2)c(O)c1.Cc1ccc(N(CCO)CCO)cc1. The number of carbonyl (C=O) groups excluding carboxylic acids is 3. The third-order valence-corrected chi connectivity index (χ3v) is 8.15. The fourth-order valence-electron chi connectivity index (χ4n) is 4.93. The molecule has 0 heterocycles. The van der Waals surface area contributed by atoms with E-state index in [-0.39, 0.29) is 38.0 Å². The molecule has 3 aromatic rings. The number of nitrogens with zero attached hydrogens (tertiary/aromatic N) is 1. The molecule has 320 valence electrons. The lowest BCUT2D eigenvalue weighted by Gasteiger charge is -2.22. The van der Waals surface area contributed by atoms with Crippen LogP contribution >= 0.6 is 0 Å². The maximum absolute atomic E-state index is 12.4. The number of rotatable bonds is 26. The second-order valence-corrected chi connectivity index (χ2v) is 13.3. The molecule has 0 unspecified atom stereocenters. The minimum absolute atomic E-state index is 0.0377. The van der Waals surface area contributed by atoms with Crippen molar-refractivity contribution in [3.63, 3.8) is 0 Å². The molecule has 0 aliphatic rings. The number of anilines is 1. The maximum Gasteiger partial charge on any atom is 0.333 e. The highest BCUT2D eigenvalue weighted by atomic mass is 16.6. The van der Waals surface area contributed by atoms with Crippen LogP contribution in [0, 0.1) is 6.92 Å². The summed E-state index contributed by atoms with van der Waals surface area (Å²) in [5, 5.41) is 27.8. The van der Waals surface area contributed by atoms with Crippen molar-refractivity contribution in [3.8, 4) is 11.5 Å². The molecule has 0 spiro atoms. The highest BCUT2D eigenvalue weighted by Crippen LogP contribution is 2.26. The van der Waals surface area contributed by atoms with Crippen molar-refractivity contribution in [2.24, 2.45) is 0 Å². The topological polar surface area (TPSA) is 161 Å². The number of esters is 2. The first-order valence-electron chi connectivity index (χ1n) is 19.8. The molecule has 0 saturated heterocycles. The number of benzene rings is 3. The molecule has 0 bridgehead atoms. The average molecular weight is 808 g/mol. The van der Waals surface area contributed by atoms with Crippen molar-refractivity contribution in [1.29, 1.82) is 0 Å². The second kappa shape index (κ2) is 32.0. The average Bonchev–Trinajstić information content (AvgIpc) is 3.21. The van der Waals surface area contributed by atoms with E-state index in [4.69, 9.17) is 33.9 Å². The number of phenolic OH excluding ortho intramolecular Hbond substituents is 1. The van der Waals surface area contributed by atoms with Gasteiger partial charge in [0.15, 0.2) is 5.78 Å². The van der Waals surface area contributed by atoms with Crippen LogP contribution in [-0.2, 0) is 28.5 Å². The molecule has 12 heteroatoms. The highest BCUT2D eigenvalue weighted by Gasteiger charge is 2.14. The van der Waals surface area contributed by atoms with E-state index in [1.165, 1.54) is 37.3 Å². The van der Waals surface area contributed by atoms with E-state index in [0.29, 0.717) is 74.1 Å². The van der Waals surface area contributed by atoms with Crippen LogP contribution in [0.15, 0.2) is 97.1 Å². The predicted molar refractivity (Wildman–Crippen MR) is 228 cm³/mol. The smallest absolute Gasteiger partial charge is 0.333 e. The number of aliphatic hydroxyl groups excluding tert-OH is 2. The molecule has 0 fully saturated rings. The molecule has 0 saturated carbocycles. The molecule has 0 amide bonds. The quantitative estimate of drug-likeness (QED) is 0.0320. The number of ether oxygens (including phenoxy) is 5. The Hall–Kier alpha value is -5.01. The molecule has 3 aromatic carbocycles. The molecule has 0 aromatic heterocycles. The number of aryl methyl sites for hydroxylation is 1. The van der Waals surface area contributed by atoms with E-state index >= 15 is 0 Å². The van der Waals surface area contributed by atoms with E-state index in [1.807, 2.05) is 54.3 Å². The Morgan fingerprint density at radius 2 is 1.17 bits per heavy atom. The summed E-state index contributed by atoms with van der Waals surface area (Å²) in [5.74, 6) is -0.473. The minimum atomic E-state index is -0.427. The van der Waals surface area contributed by atoms with Gasteiger partial charge in [-0.25, -0.2) is 9.59 Å². The number of unbranched alkanes of at least 4 members (excludes halogenated alkanes) is 5. The highest BCUT2D eigenvalue weighted by molar-refractivity contribution is 6.10. The zero-order valence-corrected chi connectivity index (χ0v) is 34.9. The van der Waals surface area contributed by atoms with Crippen molar-refractivity contribution in [3.05, 3.63) is 114 Å². The first-order valence-corrected chi connectivity index (χ1v) is 19.8. The third-order valence-electron chi connectivity index (χ3n) is 8.15. The fourth-order valence-corrected chi connectivity index (χ4v) is 4.93. The molecular weight excluding hydrogens is 743 g/mol. The summed E-state index contributed by atoms with van der Waals surface area (Å²) in [4.78, 5) is 36.3. The van der Waals surface area contributed by atoms with Gasteiger partial charge in [0.25, 0.3) is 0 Å². The molecule has 0 aliphatic carbocycles. The van der Waals surface area contributed by atoms with Gasteiger partial charge in [0, 0.05) is 41.6 Å². The van der Waals surface area contributed by atoms with Crippen LogP contribution in [0.5, 0.6) is 11.5 Å². The summed E-state index contributed by atoms with van der Waals surface area (Å²) in [6.45, 7) is 18.0. The van der Waals surface area contributed by atoms with Crippen LogP contribution in [0.2, 0.25) is 0 Å². The van der Waals surface area contributed by atoms with Crippen molar-refractivity contribution in [2.45, 2.75) is 66.2 Å². The van der Waals surface area contributed by atoms with Crippen LogP contribution in [0.4, 0.5) is 5.69 Å². The van der Waals surface area contributed by atoms with Gasteiger partial charge >= 0.3 is 11.9 Å². The van der Waals surface area contributed by atoms with E-state index < -0.39 is 11.9 Å². The van der Waals surface area contributed by atoms with E-state index in [2.05, 4.69) is 20.1 Å². The standard InChI is InChI=1S/C21H26O3.C14H22O6.C11H17NO2/c1-2-3-4-5-6-10-15-24-18-13-14-19(20(22)16-18)21(23)17-11-8-7-9-12-17;1-11(2)13(15)19-9-7-17-5-6-18-8-10-20-14(16)12(3)4;1-10-2-4-11(5-3-10)12(6-8-13)7-9-14/h7-9,11-14,16,22H,2-6,10,15H2,1H3;1,3,5-10H2,2,4H3;2-5,13-14H,6-9H2,1H3. The minimum Gasteiger partial charge on any atom is -0.507 e. The molecule has 0 aliphatic heterocycles. The Balaban J connectivity index is 0.000000451. The number of carbonyl (C=O) groups is 3. The van der Waals surface area contributed by atoms with Gasteiger partial charge in [0.1, 0.15) is 24.7 Å². The number of hydrogen-bond acceptors (Lipinski definition) is 12. The zero-order valence-electron chi connectivity index (χ0n) is 34.9. The summed E-state index contributed by atoms with van der Waals surface area (Å²) in [5.41, 5.74) is 3.83. The lowest BCUT2D eigenvalue weighted by atomic mass is 10.0. The first-order chi connectivity index (χ1) is 27.9. The summed E-state index contributed by atoms with van der Waals surface area (Å²) in [6, 6.07) is 21.9. The van der Waals surface area contributed by atoms with Crippen LogP contribution in [0.25, 0.3) is 0 Å². The Morgan fingerprint density at radius 1 is 0.655 bits per heavy atom. The Bertz CT molecular complexity index is 1570. The Kier molecular flexibility index (Phi) is 28.1. The predicted octanol–water partition coefficient (Wildman–Crippen LogP) is 7.41. The van der Waals surface area contributed by atoms with Crippen molar-refractivity contribution in [2.75, 3.05) is 77.5 Å². The number of aliphatic hydroxyl groups is 2. The number of ketones is 1. The summed E-state index contributed by atoms with van der Waals surface area (Å²) in [7, 11) is 0. The second-order valence-electron chi connectivity index (χ2n) is 13.3. The Labute approximate surface area is 345 Å². The molecule has 3 rings (SSSR count). The van der Waals surface area contributed by atoms with E-state index in [1.54, 1.807) is 38.1 Å². The number of aromatic hydroxyl groups is 1. The maximum atomic E-state index is 12.4.